The molecule has 21 heavy (non-hydrogen) atoms. The first-order valence-electron chi connectivity index (χ1n) is 5.61. The Morgan fingerprint density at radius 3 is 2.43 bits per heavy atom. The number of hydrogen-bond donors (Lipinski definition) is 0. The van der Waals surface area contributed by atoms with Crippen molar-refractivity contribution in [3.05, 3.63) is 62.1 Å². The van der Waals surface area contributed by atoms with E-state index in [4.69, 9.17) is 15.3 Å². The number of benzene rings is 2. The first-order chi connectivity index (χ1) is 10.0. The van der Waals surface area contributed by atoms with E-state index in [0.29, 0.717) is 4.47 Å². The van der Waals surface area contributed by atoms with Gasteiger partial charge in [-0.25, -0.2) is 0 Å². The molecule has 0 aliphatic heterocycles. The zero-order valence-corrected chi connectivity index (χ0v) is 12.0. The number of nitro groups is 1. The highest BCUT2D eigenvalue weighted by Crippen LogP contribution is 2.34. The monoisotopic (exact) mass is 343 g/mol. The van der Waals surface area contributed by atoms with E-state index in [1.807, 2.05) is 12.1 Å². The van der Waals surface area contributed by atoms with Crippen LogP contribution in [0.3, 0.4) is 0 Å². The zero-order valence-electron chi connectivity index (χ0n) is 10.4. The Hall–Kier alpha value is -2.90. The molecule has 0 aliphatic rings. The molecule has 0 aromatic heterocycles. The third-order valence-electron chi connectivity index (χ3n) is 2.57. The van der Waals surface area contributed by atoms with E-state index in [2.05, 4.69) is 15.9 Å². The van der Waals surface area contributed by atoms with Crippen LogP contribution in [0.2, 0.25) is 0 Å². The van der Waals surface area contributed by atoms with E-state index >= 15 is 0 Å². The predicted molar refractivity (Wildman–Crippen MR) is 76.7 cm³/mol. The van der Waals surface area contributed by atoms with E-state index in [-0.39, 0.29) is 28.3 Å². The first-order valence-corrected chi connectivity index (χ1v) is 6.40. The molecular formula is C14H6BrN3O3. The molecule has 2 aromatic carbocycles. The Bertz CT molecular complexity index is 806. The summed E-state index contributed by atoms with van der Waals surface area (Å²) in [6.07, 6.45) is 0. The number of rotatable bonds is 3. The van der Waals surface area contributed by atoms with Crippen LogP contribution in [0.5, 0.6) is 11.5 Å². The second kappa shape index (κ2) is 6.04. The summed E-state index contributed by atoms with van der Waals surface area (Å²) in [7, 11) is 0. The number of nitro benzene ring substituents is 1. The molecular weight excluding hydrogens is 338 g/mol. The molecule has 7 heteroatoms. The van der Waals surface area contributed by atoms with Gasteiger partial charge in [0.15, 0.2) is 0 Å². The topological polar surface area (TPSA) is 99.9 Å². The van der Waals surface area contributed by atoms with Crippen molar-refractivity contribution in [1.82, 2.24) is 0 Å². The molecule has 102 valence electrons. The Labute approximate surface area is 128 Å². The van der Waals surface area contributed by atoms with Gasteiger partial charge in [0.25, 0.3) is 0 Å². The first kappa shape index (κ1) is 14.5. The van der Waals surface area contributed by atoms with Gasteiger partial charge in [-0.05, 0) is 30.3 Å². The molecule has 0 saturated heterocycles. The van der Waals surface area contributed by atoms with Gasteiger partial charge in [-0.3, -0.25) is 10.1 Å². The van der Waals surface area contributed by atoms with Crippen molar-refractivity contribution in [2.24, 2.45) is 0 Å². The summed E-state index contributed by atoms with van der Waals surface area (Å²) in [6, 6.07) is 12.4. The number of ether oxygens (including phenoxy) is 1. The van der Waals surface area contributed by atoms with Crippen LogP contribution in [0, 0.1) is 32.8 Å². The van der Waals surface area contributed by atoms with Crippen LogP contribution in [0.4, 0.5) is 5.69 Å². The molecule has 6 nitrogen and oxygen atoms in total. The third kappa shape index (κ3) is 3.16. The fourth-order valence-corrected chi connectivity index (χ4v) is 1.97. The van der Waals surface area contributed by atoms with Crippen molar-refractivity contribution >= 4 is 21.6 Å². The van der Waals surface area contributed by atoms with Gasteiger partial charge in [0.2, 0.25) is 5.75 Å². The highest BCUT2D eigenvalue weighted by molar-refractivity contribution is 9.10. The molecule has 2 rings (SSSR count). The van der Waals surface area contributed by atoms with Crippen LogP contribution in [0.15, 0.2) is 40.9 Å². The molecule has 0 heterocycles. The maximum absolute atomic E-state index is 11.0. The van der Waals surface area contributed by atoms with Gasteiger partial charge in [0, 0.05) is 10.5 Å². The minimum absolute atomic E-state index is 0.0298. The molecule has 0 radical (unpaired) electrons. The van der Waals surface area contributed by atoms with E-state index in [0.717, 1.165) is 6.07 Å². The highest BCUT2D eigenvalue weighted by atomic mass is 79.9. The molecule has 0 amide bonds. The molecule has 0 atom stereocenters. The maximum atomic E-state index is 11.0. The Balaban J connectivity index is 2.48. The van der Waals surface area contributed by atoms with Crippen molar-refractivity contribution in [3.8, 4) is 23.6 Å². The largest absolute Gasteiger partial charge is 0.449 e. The van der Waals surface area contributed by atoms with Crippen LogP contribution in [0.25, 0.3) is 0 Å². The fourth-order valence-electron chi connectivity index (χ4n) is 1.61. The number of halogens is 1. The average molecular weight is 344 g/mol. The molecule has 0 unspecified atom stereocenters. The summed E-state index contributed by atoms with van der Waals surface area (Å²) < 4.78 is 6.15. The second-order valence-corrected chi connectivity index (χ2v) is 4.82. The van der Waals surface area contributed by atoms with Crippen molar-refractivity contribution in [2.45, 2.75) is 0 Å². The zero-order chi connectivity index (χ0) is 15.4. The molecule has 0 fully saturated rings. The van der Waals surface area contributed by atoms with Gasteiger partial charge in [0.1, 0.15) is 11.8 Å². The Morgan fingerprint density at radius 1 is 1.10 bits per heavy atom. The summed E-state index contributed by atoms with van der Waals surface area (Å²) in [5, 5.41) is 28.9. The van der Waals surface area contributed by atoms with Crippen LogP contribution in [0.1, 0.15) is 11.1 Å². The Kier molecular flexibility index (Phi) is 4.17. The molecule has 0 saturated carbocycles. The second-order valence-electron chi connectivity index (χ2n) is 3.91. The SMILES string of the molecule is N#Cc1ccc(Oc2ccc(Br)cc2C#N)c([N+](=O)[O-])c1. The highest BCUT2D eigenvalue weighted by Gasteiger charge is 2.18. The predicted octanol–water partition coefficient (Wildman–Crippen LogP) is 3.89. The summed E-state index contributed by atoms with van der Waals surface area (Å²) in [6.45, 7) is 0. The lowest BCUT2D eigenvalue weighted by Gasteiger charge is -2.08. The van der Waals surface area contributed by atoms with Crippen molar-refractivity contribution in [2.75, 3.05) is 0 Å². The van der Waals surface area contributed by atoms with Crippen LogP contribution < -0.4 is 4.74 Å². The lowest BCUT2D eigenvalue weighted by atomic mass is 10.2. The summed E-state index contributed by atoms with van der Waals surface area (Å²) in [5.74, 6) is 0.173. The molecule has 0 bridgehead atoms. The van der Waals surface area contributed by atoms with Crippen molar-refractivity contribution < 1.29 is 9.66 Å². The molecule has 0 aliphatic carbocycles. The smallest absolute Gasteiger partial charge is 0.312 e. The van der Waals surface area contributed by atoms with Crippen molar-refractivity contribution in [1.29, 1.82) is 10.5 Å². The quantitative estimate of drug-likeness (QED) is 0.621. The number of nitrogens with zero attached hydrogens (tertiary/aromatic N) is 3. The van der Waals surface area contributed by atoms with Gasteiger partial charge in [-0.1, -0.05) is 15.9 Å². The van der Waals surface area contributed by atoms with Crippen LogP contribution in [-0.4, -0.2) is 4.92 Å². The summed E-state index contributed by atoms with van der Waals surface area (Å²) in [4.78, 5) is 10.4. The van der Waals surface area contributed by atoms with Gasteiger partial charge < -0.3 is 4.74 Å². The average Bonchev–Trinajstić information content (AvgIpc) is 2.49. The van der Waals surface area contributed by atoms with Gasteiger partial charge in [0.05, 0.1) is 22.1 Å². The normalized spacial score (nSPS) is 9.48. The lowest BCUT2D eigenvalue weighted by Crippen LogP contribution is -1.95. The summed E-state index contributed by atoms with van der Waals surface area (Å²) >= 11 is 3.23. The molecule has 0 spiro atoms. The van der Waals surface area contributed by atoms with Gasteiger partial charge in [-0.2, -0.15) is 10.5 Å². The third-order valence-corrected chi connectivity index (χ3v) is 3.06. The molecule has 0 N–H and O–H groups in total. The fraction of sp³-hybridized carbons (Fsp3) is 0. The molecule has 2 aromatic rings. The van der Waals surface area contributed by atoms with Gasteiger partial charge >= 0.3 is 5.69 Å². The summed E-state index contributed by atoms with van der Waals surface area (Å²) in [5.41, 5.74) is 0.0641. The maximum Gasteiger partial charge on any atom is 0.312 e. The lowest BCUT2D eigenvalue weighted by molar-refractivity contribution is -0.385. The van der Waals surface area contributed by atoms with Gasteiger partial charge in [-0.15, -0.1) is 0 Å². The van der Waals surface area contributed by atoms with Crippen LogP contribution in [-0.2, 0) is 0 Å². The number of hydrogen-bond acceptors (Lipinski definition) is 5. The van der Waals surface area contributed by atoms with Crippen molar-refractivity contribution in [3.63, 3.8) is 0 Å². The number of nitriles is 2. The standard InChI is InChI=1S/C14H6BrN3O3/c15-11-2-4-13(10(6-11)8-17)21-14-3-1-9(7-16)5-12(14)18(19)20/h1-6H. The van der Waals surface area contributed by atoms with E-state index in [1.54, 1.807) is 12.1 Å². The minimum atomic E-state index is -0.638. The van der Waals surface area contributed by atoms with Crippen LogP contribution >= 0.6 is 15.9 Å². The minimum Gasteiger partial charge on any atom is -0.449 e. The van der Waals surface area contributed by atoms with E-state index in [1.165, 1.54) is 18.2 Å². The van der Waals surface area contributed by atoms with E-state index < -0.39 is 4.92 Å². The Morgan fingerprint density at radius 2 is 1.81 bits per heavy atom. The van der Waals surface area contributed by atoms with E-state index in [9.17, 15) is 10.1 Å².